The van der Waals surface area contributed by atoms with E-state index in [-0.39, 0.29) is 35.2 Å². The first-order valence-corrected chi connectivity index (χ1v) is 18.8. The van der Waals surface area contributed by atoms with Crippen molar-refractivity contribution in [2.45, 2.75) is 51.6 Å². The summed E-state index contributed by atoms with van der Waals surface area (Å²) >= 11 is 2.56. The van der Waals surface area contributed by atoms with Crippen molar-refractivity contribution in [3.05, 3.63) is 77.4 Å². The SMILES string of the molecule is Cc1cc(Nc2nc(N3CCC[C@@H](N)C3)cnc2C(N)=O)sn1.Cc1cc(Nc2nc(N3CCC[C@@H](NC(=O)c4ccncc4)C3)cnc2C(N)=O)sn1. The standard InChI is InChI=1S/C20H22N8O2S.C14H19N7OS/c1-12-9-16(31-27-12)26-19-17(18(21)29)23-10-15(25-19)28-8-2-3-14(11-28)24-20(30)13-4-6-22-7-5-13;1-8-5-11(23-20-8)19-14-12(13(16)22)17-6-10(18-14)21-4-2-3-9(15)7-21/h4-7,9-10,14H,2-3,8,11H2,1H3,(H2,21,29)(H,24,30)(H,25,26);5-6,9H,2-4,7,15H2,1H3,(H2,16,22)(H,18,19)/t14-;9-/m11/s1. The molecule has 3 amide bonds. The molecule has 7 heterocycles. The number of carbonyl (C=O) groups is 3. The number of aryl methyl sites for hydroxylation is 2. The monoisotopic (exact) mass is 771 g/mol. The summed E-state index contributed by atoms with van der Waals surface area (Å²) in [4.78, 5) is 61.5. The van der Waals surface area contributed by atoms with Gasteiger partial charge in [0.25, 0.3) is 17.7 Å². The molecule has 2 atom stereocenters. The topological polar surface area (TPSA) is 262 Å². The average Bonchev–Trinajstić information content (AvgIpc) is 3.78. The zero-order chi connectivity index (χ0) is 38.2. The summed E-state index contributed by atoms with van der Waals surface area (Å²) < 4.78 is 8.42. The van der Waals surface area contributed by atoms with E-state index < -0.39 is 11.8 Å². The van der Waals surface area contributed by atoms with E-state index in [0.29, 0.717) is 29.6 Å². The highest BCUT2D eigenvalue weighted by molar-refractivity contribution is 7.10. The van der Waals surface area contributed by atoms with Crippen LogP contribution in [0.3, 0.4) is 0 Å². The lowest BCUT2D eigenvalue weighted by molar-refractivity contribution is 0.0931. The van der Waals surface area contributed by atoms with Crippen molar-refractivity contribution in [3.8, 4) is 0 Å². The van der Waals surface area contributed by atoms with Crippen molar-refractivity contribution < 1.29 is 14.4 Å². The molecule has 0 spiro atoms. The first kappa shape index (κ1) is 37.9. The van der Waals surface area contributed by atoms with Crippen LogP contribution in [0.15, 0.2) is 49.1 Å². The van der Waals surface area contributed by atoms with E-state index in [1.165, 1.54) is 29.3 Å². The number of piperidine rings is 2. The van der Waals surface area contributed by atoms with Crippen LogP contribution in [-0.2, 0) is 0 Å². The van der Waals surface area contributed by atoms with Crippen molar-refractivity contribution in [1.82, 2.24) is 39.0 Å². The highest BCUT2D eigenvalue weighted by Gasteiger charge is 2.25. The number of pyridine rings is 1. The van der Waals surface area contributed by atoms with Crippen molar-refractivity contribution in [2.75, 3.05) is 46.6 Å². The fourth-order valence-electron chi connectivity index (χ4n) is 5.97. The Morgan fingerprint density at radius 1 is 0.778 bits per heavy atom. The molecule has 18 nitrogen and oxygen atoms in total. The molecule has 2 aliphatic rings. The minimum absolute atomic E-state index is 0.0346. The summed E-state index contributed by atoms with van der Waals surface area (Å²) in [5.41, 5.74) is 19.4. The molecule has 54 heavy (non-hydrogen) atoms. The number of aromatic nitrogens is 7. The zero-order valence-corrected chi connectivity index (χ0v) is 31.4. The highest BCUT2D eigenvalue weighted by Crippen LogP contribution is 2.27. The Morgan fingerprint density at radius 2 is 1.30 bits per heavy atom. The Morgan fingerprint density at radius 3 is 1.78 bits per heavy atom. The van der Waals surface area contributed by atoms with Crippen LogP contribution in [0, 0.1) is 13.8 Å². The molecule has 20 heteroatoms. The van der Waals surface area contributed by atoms with Crippen molar-refractivity contribution in [1.29, 1.82) is 0 Å². The van der Waals surface area contributed by atoms with E-state index >= 15 is 0 Å². The lowest BCUT2D eigenvalue weighted by Gasteiger charge is -2.34. The third-order valence-corrected chi connectivity index (χ3v) is 10.1. The van der Waals surface area contributed by atoms with E-state index in [1.807, 2.05) is 30.9 Å². The van der Waals surface area contributed by atoms with Crippen LogP contribution in [0.1, 0.15) is 68.4 Å². The maximum atomic E-state index is 12.5. The second-order valence-electron chi connectivity index (χ2n) is 12.8. The number of nitrogens with two attached hydrogens (primary N) is 3. The number of anilines is 6. The first-order chi connectivity index (χ1) is 26.0. The average molecular weight is 772 g/mol. The molecule has 7 rings (SSSR count). The number of nitrogens with one attached hydrogen (secondary N) is 3. The number of nitrogens with zero attached hydrogens (tertiary/aromatic N) is 9. The fourth-order valence-corrected chi connectivity index (χ4v) is 7.29. The fraction of sp³-hybridized carbons (Fsp3) is 0.353. The van der Waals surface area contributed by atoms with E-state index in [4.69, 9.17) is 17.2 Å². The summed E-state index contributed by atoms with van der Waals surface area (Å²) in [6.45, 7) is 6.73. The smallest absolute Gasteiger partial charge is 0.271 e. The lowest BCUT2D eigenvalue weighted by atomic mass is 10.1. The maximum Gasteiger partial charge on any atom is 0.271 e. The molecule has 5 aromatic rings. The predicted molar refractivity (Wildman–Crippen MR) is 208 cm³/mol. The Hall–Kier alpha value is -5.86. The van der Waals surface area contributed by atoms with Gasteiger partial charge in [0.05, 0.1) is 23.8 Å². The first-order valence-electron chi connectivity index (χ1n) is 17.2. The van der Waals surface area contributed by atoms with Crippen LogP contribution in [0.4, 0.5) is 33.3 Å². The number of amides is 3. The van der Waals surface area contributed by atoms with Gasteiger partial charge < -0.3 is 43.0 Å². The van der Waals surface area contributed by atoms with Gasteiger partial charge in [-0.05, 0) is 86.9 Å². The Balaban J connectivity index is 0.000000193. The second kappa shape index (κ2) is 17.3. The summed E-state index contributed by atoms with van der Waals surface area (Å²) in [5.74, 6) is 0.513. The molecule has 5 aromatic heterocycles. The number of rotatable bonds is 10. The highest BCUT2D eigenvalue weighted by atomic mass is 32.1. The molecule has 282 valence electrons. The van der Waals surface area contributed by atoms with E-state index in [9.17, 15) is 14.4 Å². The predicted octanol–water partition coefficient (Wildman–Crippen LogP) is 2.89. The van der Waals surface area contributed by atoms with Gasteiger partial charge in [0.1, 0.15) is 21.6 Å². The van der Waals surface area contributed by atoms with Crippen LogP contribution < -0.4 is 43.0 Å². The molecule has 0 radical (unpaired) electrons. The largest absolute Gasteiger partial charge is 0.364 e. The van der Waals surface area contributed by atoms with E-state index in [1.54, 1.807) is 30.7 Å². The van der Waals surface area contributed by atoms with E-state index in [2.05, 4.69) is 54.5 Å². The number of hydrogen-bond donors (Lipinski definition) is 6. The molecule has 2 fully saturated rings. The van der Waals surface area contributed by atoms with Crippen LogP contribution in [0.25, 0.3) is 0 Å². The van der Waals surface area contributed by atoms with Crippen LogP contribution in [0.2, 0.25) is 0 Å². The summed E-state index contributed by atoms with van der Waals surface area (Å²) in [5, 5.41) is 10.8. The Bertz CT molecular complexity index is 2090. The summed E-state index contributed by atoms with van der Waals surface area (Å²) in [6.07, 6.45) is 10.1. The van der Waals surface area contributed by atoms with Gasteiger partial charge in [0.15, 0.2) is 23.0 Å². The minimum atomic E-state index is -0.663. The maximum absolute atomic E-state index is 12.5. The van der Waals surface area contributed by atoms with Gasteiger partial charge in [-0.25, -0.2) is 19.9 Å². The summed E-state index contributed by atoms with van der Waals surface area (Å²) in [7, 11) is 0. The molecule has 2 aliphatic heterocycles. The molecule has 9 N–H and O–H groups in total. The van der Waals surface area contributed by atoms with Gasteiger partial charge >= 0.3 is 0 Å². The van der Waals surface area contributed by atoms with Crippen molar-refractivity contribution >= 4 is 74.1 Å². The van der Waals surface area contributed by atoms with Crippen molar-refractivity contribution in [2.24, 2.45) is 17.2 Å². The number of hydrogen-bond acceptors (Lipinski definition) is 17. The molecule has 0 saturated carbocycles. The number of carbonyl (C=O) groups excluding carboxylic acids is 3. The molecule has 2 saturated heterocycles. The molecule has 0 bridgehead atoms. The quantitative estimate of drug-likeness (QED) is 0.119. The van der Waals surface area contributed by atoms with E-state index in [0.717, 1.165) is 66.7 Å². The molecular weight excluding hydrogens is 731 g/mol. The normalized spacial score (nSPS) is 16.9. The summed E-state index contributed by atoms with van der Waals surface area (Å²) in [6, 6.07) is 7.19. The zero-order valence-electron chi connectivity index (χ0n) is 29.7. The van der Waals surface area contributed by atoms with Crippen molar-refractivity contribution in [3.63, 3.8) is 0 Å². The lowest BCUT2D eigenvalue weighted by Crippen LogP contribution is -2.48. The van der Waals surface area contributed by atoms with Crippen LogP contribution in [-0.4, -0.2) is 89.7 Å². The molecule has 0 aromatic carbocycles. The van der Waals surface area contributed by atoms with Gasteiger partial charge in [0, 0.05) is 56.2 Å². The second-order valence-corrected chi connectivity index (χ2v) is 14.4. The van der Waals surface area contributed by atoms with Gasteiger partial charge in [-0.1, -0.05) is 0 Å². The molecule has 0 aliphatic carbocycles. The molecular formula is C34H41N15O3S2. The van der Waals surface area contributed by atoms with Gasteiger partial charge in [-0.3, -0.25) is 19.4 Å². The van der Waals surface area contributed by atoms with Gasteiger partial charge in [0.2, 0.25) is 0 Å². The van der Waals surface area contributed by atoms with Gasteiger partial charge in [-0.2, -0.15) is 8.75 Å². The van der Waals surface area contributed by atoms with Crippen LogP contribution in [0.5, 0.6) is 0 Å². The number of primary amides is 2. The minimum Gasteiger partial charge on any atom is -0.364 e. The third-order valence-electron chi connectivity index (χ3n) is 8.53. The van der Waals surface area contributed by atoms with Gasteiger partial charge in [-0.15, -0.1) is 0 Å². The Kier molecular flexibility index (Phi) is 12.1. The Labute approximate surface area is 319 Å². The third kappa shape index (κ3) is 9.76. The van der Waals surface area contributed by atoms with Crippen LogP contribution >= 0.6 is 23.1 Å². The molecule has 0 unspecified atom stereocenters.